The van der Waals surface area contributed by atoms with E-state index in [1.54, 1.807) is 34.6 Å². The van der Waals surface area contributed by atoms with E-state index in [2.05, 4.69) is 4.74 Å². The van der Waals surface area contributed by atoms with Crippen LogP contribution in [0.4, 0.5) is 13.2 Å². The van der Waals surface area contributed by atoms with Gasteiger partial charge in [0.1, 0.15) is 5.60 Å². The Bertz CT molecular complexity index is 387. The number of ether oxygens (including phenoxy) is 4. The van der Waals surface area contributed by atoms with Crippen LogP contribution in [0.25, 0.3) is 0 Å². The van der Waals surface area contributed by atoms with Crippen molar-refractivity contribution >= 4 is 5.97 Å². The Balaban J connectivity index is 2.58. The average molecular weight is 328 g/mol. The van der Waals surface area contributed by atoms with Gasteiger partial charge < -0.3 is 14.2 Å². The second-order valence-electron chi connectivity index (χ2n) is 6.66. The van der Waals surface area contributed by atoms with E-state index >= 15 is 0 Å². The maximum Gasteiger partial charge on any atom is 0.522 e. The molecule has 0 amide bonds. The standard InChI is InChI=1S/C14H23F3O5/c1-12(2,3)22-11(18)7-9-6-10(8-19-14(15,16)17)21-13(4,5)20-9/h9-10H,6-8H2,1-5H3/t9-,10+/m1/s1. The molecule has 1 heterocycles. The monoisotopic (exact) mass is 328 g/mol. The Morgan fingerprint density at radius 2 is 1.73 bits per heavy atom. The zero-order valence-electron chi connectivity index (χ0n) is 13.5. The first kappa shape index (κ1) is 19.2. The molecule has 1 fully saturated rings. The van der Waals surface area contributed by atoms with Gasteiger partial charge in [0, 0.05) is 6.42 Å². The number of carbonyl (C=O) groups excluding carboxylic acids is 1. The zero-order valence-corrected chi connectivity index (χ0v) is 13.5. The van der Waals surface area contributed by atoms with Crippen molar-refractivity contribution in [1.29, 1.82) is 0 Å². The quantitative estimate of drug-likeness (QED) is 0.742. The van der Waals surface area contributed by atoms with Gasteiger partial charge in [-0.3, -0.25) is 9.53 Å². The minimum absolute atomic E-state index is 0.0490. The van der Waals surface area contributed by atoms with E-state index in [0.29, 0.717) is 0 Å². The van der Waals surface area contributed by atoms with Crippen LogP contribution in [-0.2, 0) is 23.7 Å². The first-order valence-corrected chi connectivity index (χ1v) is 7.04. The number of carbonyl (C=O) groups is 1. The molecule has 5 nitrogen and oxygen atoms in total. The predicted molar refractivity (Wildman–Crippen MR) is 70.9 cm³/mol. The van der Waals surface area contributed by atoms with Crippen LogP contribution in [-0.4, -0.2) is 42.5 Å². The topological polar surface area (TPSA) is 54.0 Å². The van der Waals surface area contributed by atoms with Gasteiger partial charge in [-0.15, -0.1) is 13.2 Å². The first-order chi connectivity index (χ1) is 9.76. The van der Waals surface area contributed by atoms with E-state index < -0.39 is 42.5 Å². The fourth-order valence-electron chi connectivity index (χ4n) is 2.20. The summed E-state index contributed by atoms with van der Waals surface area (Å²) >= 11 is 0. The van der Waals surface area contributed by atoms with Crippen molar-refractivity contribution in [2.24, 2.45) is 0 Å². The van der Waals surface area contributed by atoms with Gasteiger partial charge in [0.05, 0.1) is 25.2 Å². The highest BCUT2D eigenvalue weighted by Crippen LogP contribution is 2.30. The van der Waals surface area contributed by atoms with E-state index in [1.165, 1.54) is 0 Å². The van der Waals surface area contributed by atoms with Gasteiger partial charge in [0.25, 0.3) is 0 Å². The predicted octanol–water partition coefficient (Wildman–Crippen LogP) is 3.16. The first-order valence-electron chi connectivity index (χ1n) is 7.04. The second kappa shape index (κ2) is 6.72. The average Bonchev–Trinajstić information content (AvgIpc) is 2.20. The highest BCUT2D eigenvalue weighted by Gasteiger charge is 2.39. The molecule has 1 saturated heterocycles. The number of halogens is 3. The summed E-state index contributed by atoms with van der Waals surface area (Å²) in [4.78, 5) is 11.8. The van der Waals surface area contributed by atoms with Crippen molar-refractivity contribution in [3.63, 3.8) is 0 Å². The van der Waals surface area contributed by atoms with Crippen LogP contribution in [0.15, 0.2) is 0 Å². The molecule has 1 aliphatic rings. The van der Waals surface area contributed by atoms with Crippen LogP contribution in [0, 0.1) is 0 Å². The molecule has 22 heavy (non-hydrogen) atoms. The van der Waals surface area contributed by atoms with Crippen molar-refractivity contribution in [3.05, 3.63) is 0 Å². The summed E-state index contributed by atoms with van der Waals surface area (Å²) in [5.41, 5.74) is -0.628. The van der Waals surface area contributed by atoms with E-state index in [0.717, 1.165) is 0 Å². The lowest BCUT2D eigenvalue weighted by atomic mass is 10.1. The molecule has 0 aliphatic carbocycles. The molecule has 2 atom stereocenters. The molecule has 1 aliphatic heterocycles. The van der Waals surface area contributed by atoms with Crippen molar-refractivity contribution in [2.75, 3.05) is 6.61 Å². The zero-order chi connectivity index (χ0) is 17.2. The van der Waals surface area contributed by atoms with Crippen LogP contribution < -0.4 is 0 Å². The number of alkyl halides is 3. The van der Waals surface area contributed by atoms with Gasteiger partial charge in [-0.25, -0.2) is 0 Å². The summed E-state index contributed by atoms with van der Waals surface area (Å²) in [7, 11) is 0. The van der Waals surface area contributed by atoms with Gasteiger partial charge in [-0.2, -0.15) is 0 Å². The molecule has 0 spiro atoms. The highest BCUT2D eigenvalue weighted by molar-refractivity contribution is 5.70. The minimum atomic E-state index is -4.72. The summed E-state index contributed by atoms with van der Waals surface area (Å²) < 4.78 is 56.3. The number of rotatable bonds is 4. The van der Waals surface area contributed by atoms with E-state index in [9.17, 15) is 18.0 Å². The summed E-state index contributed by atoms with van der Waals surface area (Å²) in [6, 6.07) is 0. The van der Waals surface area contributed by atoms with Gasteiger partial charge >= 0.3 is 12.3 Å². The highest BCUT2D eigenvalue weighted by atomic mass is 19.4. The smallest absolute Gasteiger partial charge is 0.460 e. The Morgan fingerprint density at radius 3 is 2.23 bits per heavy atom. The Kier molecular flexibility index (Phi) is 5.86. The normalized spacial score (nSPS) is 25.8. The maximum absolute atomic E-state index is 12.1. The summed E-state index contributed by atoms with van der Waals surface area (Å²) in [5, 5.41) is 0. The summed E-state index contributed by atoms with van der Waals surface area (Å²) in [5.74, 6) is -1.56. The van der Waals surface area contributed by atoms with Gasteiger partial charge in [-0.1, -0.05) is 0 Å². The van der Waals surface area contributed by atoms with Crippen molar-refractivity contribution < 1.29 is 36.9 Å². The molecule has 0 aromatic carbocycles. The fraction of sp³-hybridized carbons (Fsp3) is 0.929. The molecule has 8 heteroatoms. The Morgan fingerprint density at radius 1 is 1.18 bits per heavy atom. The third-order valence-corrected chi connectivity index (χ3v) is 2.67. The molecular weight excluding hydrogens is 305 g/mol. The number of hydrogen-bond donors (Lipinski definition) is 0. The lowest BCUT2D eigenvalue weighted by molar-refractivity contribution is -0.356. The van der Waals surface area contributed by atoms with Crippen LogP contribution in [0.5, 0.6) is 0 Å². The Hall–Kier alpha value is -0.860. The number of esters is 1. The van der Waals surface area contributed by atoms with Crippen molar-refractivity contribution in [3.8, 4) is 0 Å². The summed E-state index contributed by atoms with van der Waals surface area (Å²) in [6.45, 7) is 7.73. The van der Waals surface area contributed by atoms with E-state index in [1.807, 2.05) is 0 Å². The molecule has 0 saturated carbocycles. The van der Waals surface area contributed by atoms with E-state index in [-0.39, 0.29) is 12.8 Å². The number of hydrogen-bond acceptors (Lipinski definition) is 5. The maximum atomic E-state index is 12.1. The van der Waals surface area contributed by atoms with Crippen LogP contribution in [0.3, 0.4) is 0 Å². The molecular formula is C14H23F3O5. The fourth-order valence-corrected chi connectivity index (χ4v) is 2.20. The lowest BCUT2D eigenvalue weighted by Crippen LogP contribution is -2.47. The Labute approximate surface area is 128 Å². The molecule has 0 unspecified atom stereocenters. The molecule has 0 radical (unpaired) electrons. The summed E-state index contributed by atoms with van der Waals surface area (Å²) in [6.07, 6.45) is -6.03. The SMILES string of the molecule is CC(C)(C)OC(=O)C[C@H]1C[C@@H](COC(F)(F)F)OC(C)(C)O1. The van der Waals surface area contributed by atoms with Gasteiger partial charge in [0.15, 0.2) is 5.79 Å². The minimum Gasteiger partial charge on any atom is -0.460 e. The second-order valence-corrected chi connectivity index (χ2v) is 6.66. The largest absolute Gasteiger partial charge is 0.522 e. The molecule has 0 aromatic heterocycles. The molecule has 0 N–H and O–H groups in total. The van der Waals surface area contributed by atoms with Gasteiger partial charge in [-0.05, 0) is 34.6 Å². The van der Waals surface area contributed by atoms with Crippen molar-refractivity contribution in [1.82, 2.24) is 0 Å². The third kappa shape index (κ3) is 7.95. The molecule has 1 rings (SSSR count). The van der Waals surface area contributed by atoms with Crippen LogP contribution in [0.2, 0.25) is 0 Å². The van der Waals surface area contributed by atoms with Crippen molar-refractivity contribution in [2.45, 2.75) is 77.4 Å². The third-order valence-electron chi connectivity index (χ3n) is 2.67. The van der Waals surface area contributed by atoms with Crippen LogP contribution >= 0.6 is 0 Å². The van der Waals surface area contributed by atoms with Crippen LogP contribution in [0.1, 0.15) is 47.5 Å². The molecule has 130 valence electrons. The van der Waals surface area contributed by atoms with E-state index in [4.69, 9.17) is 14.2 Å². The molecule has 0 bridgehead atoms. The van der Waals surface area contributed by atoms with Gasteiger partial charge in [0.2, 0.25) is 0 Å². The molecule has 0 aromatic rings. The lowest BCUT2D eigenvalue weighted by Gasteiger charge is -2.40.